The molecule has 1 rings (SSSR count). The number of rotatable bonds is 2. The lowest BCUT2D eigenvalue weighted by Crippen LogP contribution is -2.46. The van der Waals surface area contributed by atoms with Crippen LogP contribution in [-0.4, -0.2) is 25.9 Å². The summed E-state index contributed by atoms with van der Waals surface area (Å²) >= 11 is 0. The van der Waals surface area contributed by atoms with E-state index >= 15 is 0 Å². The molecule has 0 radical (unpaired) electrons. The summed E-state index contributed by atoms with van der Waals surface area (Å²) in [4.78, 5) is 0. The Labute approximate surface area is 80.3 Å². The molecule has 78 valence electrons. The zero-order chi connectivity index (χ0) is 11.0. The van der Waals surface area contributed by atoms with E-state index in [4.69, 9.17) is 9.11 Å². The molecular weight excluding hydrogens is 234 g/mol. The van der Waals surface area contributed by atoms with Crippen LogP contribution in [-0.2, 0) is 20.4 Å². The summed E-state index contributed by atoms with van der Waals surface area (Å²) in [6, 6.07) is 3.22. The summed E-state index contributed by atoms with van der Waals surface area (Å²) < 4.78 is 59.9. The first-order chi connectivity index (χ1) is 6.23. The number of hydrogen-bond donors (Lipinski definition) is 2. The molecular formula is C5H6NO6S2+. The van der Waals surface area contributed by atoms with E-state index in [9.17, 15) is 16.8 Å². The molecule has 0 atom stereocenters. The van der Waals surface area contributed by atoms with Crippen LogP contribution >= 0.6 is 0 Å². The van der Waals surface area contributed by atoms with Crippen molar-refractivity contribution in [2.24, 2.45) is 0 Å². The highest BCUT2D eigenvalue weighted by Crippen LogP contribution is 2.01. The minimum absolute atomic E-state index is 0.0440. The molecule has 0 spiro atoms. The molecule has 1 aromatic rings. The summed E-state index contributed by atoms with van der Waals surface area (Å²) in [5.74, 6) is 0. The summed E-state index contributed by atoms with van der Waals surface area (Å²) in [5, 5.41) is -0.928. The monoisotopic (exact) mass is 240 g/mol. The molecule has 0 saturated heterocycles. The lowest BCUT2D eigenvalue weighted by molar-refractivity contribution is -0.563. The van der Waals surface area contributed by atoms with Crippen molar-refractivity contribution in [2.75, 3.05) is 0 Å². The van der Waals surface area contributed by atoms with Crippen molar-refractivity contribution >= 4 is 20.4 Å². The average molecular weight is 240 g/mol. The predicted octanol–water partition coefficient (Wildman–Crippen LogP) is -1.13. The Bertz CT molecular complexity index is 494. The van der Waals surface area contributed by atoms with E-state index in [1.165, 1.54) is 12.1 Å². The van der Waals surface area contributed by atoms with Gasteiger partial charge < -0.3 is 0 Å². The lowest BCUT2D eigenvalue weighted by Gasteiger charge is -1.95. The standard InChI is InChI=1S/C5H5NO6S2/c7-13(8,9)5-3-1-2-4-6(5)14(10,11)12/h1-4H,(H-,7,8,9,10,11,12)/p+1. The summed E-state index contributed by atoms with van der Waals surface area (Å²) in [7, 11) is -9.43. The van der Waals surface area contributed by atoms with Gasteiger partial charge in [0.25, 0.3) is 0 Å². The van der Waals surface area contributed by atoms with Crippen LogP contribution in [0.5, 0.6) is 0 Å². The minimum Gasteiger partial charge on any atom is -0.277 e. The number of hydrogen-bond acceptors (Lipinski definition) is 4. The second-order valence-electron chi connectivity index (χ2n) is 2.29. The van der Waals surface area contributed by atoms with Gasteiger partial charge in [0.1, 0.15) is 0 Å². The van der Waals surface area contributed by atoms with Gasteiger partial charge in [0.15, 0.2) is 6.20 Å². The highest BCUT2D eigenvalue weighted by Gasteiger charge is 2.31. The number of nitrogens with zero attached hydrogens (tertiary/aromatic N) is 1. The first kappa shape index (κ1) is 11.0. The molecule has 0 aliphatic carbocycles. The maximum absolute atomic E-state index is 10.7. The highest BCUT2D eigenvalue weighted by atomic mass is 32.2. The molecule has 0 fully saturated rings. The normalized spacial score (nSPS) is 12.7. The van der Waals surface area contributed by atoms with Crippen LogP contribution in [0.25, 0.3) is 0 Å². The van der Waals surface area contributed by atoms with E-state index in [-0.39, 0.29) is 3.97 Å². The quantitative estimate of drug-likeness (QED) is 0.499. The Kier molecular flexibility index (Phi) is 2.58. The molecule has 0 unspecified atom stereocenters. The van der Waals surface area contributed by atoms with E-state index in [1.54, 1.807) is 0 Å². The molecule has 1 aromatic heterocycles. The molecule has 0 aliphatic rings. The van der Waals surface area contributed by atoms with Gasteiger partial charge in [0.05, 0.1) is 0 Å². The van der Waals surface area contributed by atoms with Crippen molar-refractivity contribution in [3.63, 3.8) is 0 Å². The molecule has 0 saturated carbocycles. The van der Waals surface area contributed by atoms with Gasteiger partial charge in [0, 0.05) is 12.1 Å². The molecule has 7 nitrogen and oxygen atoms in total. The summed E-state index contributed by atoms with van der Waals surface area (Å²) in [5.41, 5.74) is 0. The van der Waals surface area contributed by atoms with Gasteiger partial charge >= 0.3 is 25.4 Å². The van der Waals surface area contributed by atoms with Gasteiger partial charge in [-0.15, -0.1) is 8.42 Å². The van der Waals surface area contributed by atoms with Gasteiger partial charge in [0.2, 0.25) is 0 Å². The smallest absolute Gasteiger partial charge is 0.277 e. The Morgan fingerprint density at radius 3 is 2.00 bits per heavy atom. The Hall–Kier alpha value is -1.03. The Morgan fingerprint density at radius 1 is 1.07 bits per heavy atom. The van der Waals surface area contributed by atoms with Crippen molar-refractivity contribution in [2.45, 2.75) is 5.03 Å². The SMILES string of the molecule is O=S(=O)(O)c1cccc[n+]1S(=O)(=O)O. The molecule has 0 amide bonds. The topological polar surface area (TPSA) is 113 Å². The fraction of sp³-hybridized carbons (Fsp3) is 0. The van der Waals surface area contributed by atoms with E-state index in [1.807, 2.05) is 0 Å². The van der Waals surface area contributed by atoms with Crippen LogP contribution < -0.4 is 3.97 Å². The summed E-state index contributed by atoms with van der Waals surface area (Å²) in [6.45, 7) is 0. The first-order valence-electron chi connectivity index (χ1n) is 3.19. The molecule has 2 N–H and O–H groups in total. The lowest BCUT2D eigenvalue weighted by atomic mass is 10.5. The number of pyridine rings is 1. The highest BCUT2D eigenvalue weighted by molar-refractivity contribution is 7.86. The Morgan fingerprint density at radius 2 is 1.64 bits per heavy atom. The second-order valence-corrected chi connectivity index (χ2v) is 4.95. The van der Waals surface area contributed by atoms with Crippen LogP contribution in [0, 0.1) is 0 Å². The molecule has 0 bridgehead atoms. The van der Waals surface area contributed by atoms with Gasteiger partial charge in [-0.1, -0.05) is 0 Å². The maximum atomic E-state index is 10.7. The third-order valence-electron chi connectivity index (χ3n) is 1.30. The van der Waals surface area contributed by atoms with Crippen LogP contribution in [0.4, 0.5) is 0 Å². The van der Waals surface area contributed by atoms with Gasteiger partial charge in [-0.2, -0.15) is 8.42 Å². The van der Waals surface area contributed by atoms with Crippen molar-refractivity contribution in [3.05, 3.63) is 24.4 Å². The number of aromatic nitrogens is 1. The third kappa shape index (κ3) is 2.26. The molecule has 0 aromatic carbocycles. The van der Waals surface area contributed by atoms with E-state index in [2.05, 4.69) is 0 Å². The third-order valence-corrected chi connectivity index (χ3v) is 3.09. The van der Waals surface area contributed by atoms with Crippen LogP contribution in [0.1, 0.15) is 0 Å². The van der Waals surface area contributed by atoms with Gasteiger partial charge in [-0.25, -0.2) is 4.55 Å². The van der Waals surface area contributed by atoms with Crippen molar-refractivity contribution in [1.29, 1.82) is 0 Å². The van der Waals surface area contributed by atoms with Crippen molar-refractivity contribution < 1.29 is 29.9 Å². The van der Waals surface area contributed by atoms with E-state index in [0.717, 1.165) is 12.3 Å². The van der Waals surface area contributed by atoms with Crippen molar-refractivity contribution in [1.82, 2.24) is 0 Å². The zero-order valence-electron chi connectivity index (χ0n) is 6.60. The molecule has 14 heavy (non-hydrogen) atoms. The molecule has 0 aliphatic heterocycles. The first-order valence-corrected chi connectivity index (χ1v) is 6.03. The van der Waals surface area contributed by atoms with E-state index < -0.39 is 25.4 Å². The molecule has 9 heteroatoms. The van der Waals surface area contributed by atoms with Gasteiger partial charge in [-0.3, -0.25) is 4.55 Å². The minimum atomic E-state index is -4.74. The average Bonchev–Trinajstić information content (AvgIpc) is 2.01. The molecule has 1 heterocycles. The zero-order valence-corrected chi connectivity index (χ0v) is 8.23. The predicted molar refractivity (Wildman–Crippen MR) is 43.4 cm³/mol. The van der Waals surface area contributed by atoms with Crippen LogP contribution in [0.3, 0.4) is 0 Å². The maximum Gasteiger partial charge on any atom is 0.512 e. The van der Waals surface area contributed by atoms with E-state index in [0.29, 0.717) is 0 Å². The fourth-order valence-electron chi connectivity index (χ4n) is 0.803. The van der Waals surface area contributed by atoms with Crippen LogP contribution in [0.2, 0.25) is 0 Å². The van der Waals surface area contributed by atoms with Crippen molar-refractivity contribution in [3.8, 4) is 0 Å². The van der Waals surface area contributed by atoms with Gasteiger partial charge in [-0.05, 0) is 10.0 Å². The summed E-state index contributed by atoms with van der Waals surface area (Å²) in [6.07, 6.45) is 0.790. The van der Waals surface area contributed by atoms with Crippen LogP contribution in [0.15, 0.2) is 29.4 Å². The largest absolute Gasteiger partial charge is 0.512 e. The second kappa shape index (κ2) is 3.28. The fourth-order valence-corrected chi connectivity index (χ4v) is 2.42. The Balaban J connectivity index is 3.64.